The number of benzene rings is 1. The zero-order valence-corrected chi connectivity index (χ0v) is 11.9. The zero-order valence-electron chi connectivity index (χ0n) is 11.9. The number of aromatic nitrogens is 2. The van der Waals surface area contributed by atoms with Gasteiger partial charge in [-0.05, 0) is 24.1 Å². The lowest BCUT2D eigenvalue weighted by Gasteiger charge is -2.18. The molecule has 1 aromatic heterocycles. The van der Waals surface area contributed by atoms with E-state index in [9.17, 15) is 4.79 Å². The Kier molecular flexibility index (Phi) is 4.53. The molecule has 0 spiro atoms. The summed E-state index contributed by atoms with van der Waals surface area (Å²) in [6.45, 7) is 0.341. The summed E-state index contributed by atoms with van der Waals surface area (Å²) in [6, 6.07) is 9.88. The monoisotopic (exact) mass is 272 g/mol. The fraction of sp³-hybridized carbons (Fsp3) is 0.333. The van der Waals surface area contributed by atoms with Gasteiger partial charge in [0.15, 0.2) is 0 Å². The number of nitrogens with two attached hydrogens (primary N) is 1. The first-order valence-electron chi connectivity index (χ1n) is 6.62. The molecule has 0 aliphatic carbocycles. The number of carbonyl (C=O) groups is 1. The lowest BCUT2D eigenvalue weighted by molar-refractivity contribution is -0.132. The molecule has 5 nitrogen and oxygen atoms in total. The van der Waals surface area contributed by atoms with Gasteiger partial charge >= 0.3 is 0 Å². The van der Waals surface area contributed by atoms with E-state index >= 15 is 0 Å². The fourth-order valence-electron chi connectivity index (χ4n) is 2.11. The molecule has 1 atom stereocenters. The van der Waals surface area contributed by atoms with Crippen LogP contribution in [0.5, 0.6) is 0 Å². The highest BCUT2D eigenvalue weighted by molar-refractivity contribution is 5.78. The Morgan fingerprint density at radius 1 is 1.35 bits per heavy atom. The third kappa shape index (κ3) is 3.24. The van der Waals surface area contributed by atoms with Gasteiger partial charge in [-0.3, -0.25) is 4.79 Å². The molecule has 20 heavy (non-hydrogen) atoms. The van der Waals surface area contributed by atoms with Crippen LogP contribution in [-0.2, 0) is 11.2 Å². The lowest BCUT2D eigenvalue weighted by Crippen LogP contribution is -2.35. The molecule has 106 valence electrons. The van der Waals surface area contributed by atoms with Crippen LogP contribution in [0.1, 0.15) is 5.56 Å². The fourth-order valence-corrected chi connectivity index (χ4v) is 2.11. The quantitative estimate of drug-likeness (QED) is 0.885. The SMILES string of the molecule is CN(C)C(=O)C(CN)Cc1cnn(-c2ccccc2)c1. The van der Waals surface area contributed by atoms with Crippen molar-refractivity contribution < 1.29 is 4.79 Å². The molecule has 0 radical (unpaired) electrons. The largest absolute Gasteiger partial charge is 0.349 e. The van der Waals surface area contributed by atoms with Gasteiger partial charge in [0.1, 0.15) is 0 Å². The van der Waals surface area contributed by atoms with Crippen LogP contribution in [0.2, 0.25) is 0 Å². The van der Waals surface area contributed by atoms with E-state index in [1.807, 2.05) is 41.2 Å². The van der Waals surface area contributed by atoms with Crippen LogP contribution in [0.3, 0.4) is 0 Å². The van der Waals surface area contributed by atoms with Crippen molar-refractivity contribution in [3.63, 3.8) is 0 Å². The summed E-state index contributed by atoms with van der Waals surface area (Å²) in [5.41, 5.74) is 7.72. The van der Waals surface area contributed by atoms with E-state index in [0.717, 1.165) is 11.3 Å². The molecule has 0 bridgehead atoms. The number of carbonyl (C=O) groups excluding carboxylic acids is 1. The second kappa shape index (κ2) is 6.34. The standard InChI is InChI=1S/C15H20N4O/c1-18(2)15(20)13(9-16)8-12-10-17-19(11-12)14-6-4-3-5-7-14/h3-7,10-11,13H,8-9,16H2,1-2H3. The molecular weight excluding hydrogens is 252 g/mol. The van der Waals surface area contributed by atoms with Gasteiger partial charge in [-0.1, -0.05) is 18.2 Å². The third-order valence-corrected chi connectivity index (χ3v) is 3.21. The number of rotatable bonds is 5. The van der Waals surface area contributed by atoms with E-state index in [4.69, 9.17) is 5.73 Å². The molecule has 2 rings (SSSR count). The molecule has 1 heterocycles. The molecule has 1 unspecified atom stereocenters. The van der Waals surface area contributed by atoms with Crippen molar-refractivity contribution in [3.8, 4) is 5.69 Å². The van der Waals surface area contributed by atoms with Gasteiger partial charge in [-0.15, -0.1) is 0 Å². The Hall–Kier alpha value is -2.14. The summed E-state index contributed by atoms with van der Waals surface area (Å²) in [5.74, 6) is -0.140. The summed E-state index contributed by atoms with van der Waals surface area (Å²) in [6.07, 6.45) is 4.35. The molecule has 1 aromatic carbocycles. The van der Waals surface area contributed by atoms with Crippen molar-refractivity contribution >= 4 is 5.91 Å². The van der Waals surface area contributed by atoms with E-state index in [2.05, 4.69) is 5.10 Å². The third-order valence-electron chi connectivity index (χ3n) is 3.21. The summed E-state index contributed by atoms with van der Waals surface area (Å²) in [4.78, 5) is 13.6. The minimum absolute atomic E-state index is 0.0555. The topological polar surface area (TPSA) is 64.2 Å². The molecule has 0 saturated carbocycles. The average molecular weight is 272 g/mol. The van der Waals surface area contributed by atoms with Crippen LogP contribution in [0.25, 0.3) is 5.69 Å². The van der Waals surface area contributed by atoms with Crippen molar-refractivity contribution in [2.75, 3.05) is 20.6 Å². The predicted molar refractivity (Wildman–Crippen MR) is 78.5 cm³/mol. The molecule has 0 aliphatic heterocycles. The number of para-hydroxylation sites is 1. The van der Waals surface area contributed by atoms with Gasteiger partial charge in [0.05, 0.1) is 17.8 Å². The van der Waals surface area contributed by atoms with Gasteiger partial charge < -0.3 is 10.6 Å². The first-order chi connectivity index (χ1) is 9.61. The average Bonchev–Trinajstić information content (AvgIpc) is 2.93. The highest BCUT2D eigenvalue weighted by Gasteiger charge is 2.19. The number of hydrogen-bond donors (Lipinski definition) is 1. The number of amides is 1. The van der Waals surface area contributed by atoms with Crippen LogP contribution < -0.4 is 5.73 Å². The van der Waals surface area contributed by atoms with Gasteiger partial charge in [-0.25, -0.2) is 4.68 Å². The van der Waals surface area contributed by atoms with Crippen molar-refractivity contribution in [2.45, 2.75) is 6.42 Å². The van der Waals surface area contributed by atoms with Gasteiger partial charge in [-0.2, -0.15) is 5.10 Å². The summed E-state index contributed by atoms with van der Waals surface area (Å²) >= 11 is 0. The molecule has 1 amide bonds. The Labute approximate surface area is 119 Å². The minimum atomic E-state index is -0.196. The van der Waals surface area contributed by atoms with Crippen LogP contribution in [0, 0.1) is 5.92 Å². The smallest absolute Gasteiger partial charge is 0.226 e. The van der Waals surface area contributed by atoms with E-state index in [1.54, 1.807) is 25.2 Å². The summed E-state index contributed by atoms with van der Waals surface area (Å²) in [5, 5.41) is 4.33. The maximum atomic E-state index is 12.0. The number of nitrogens with zero attached hydrogens (tertiary/aromatic N) is 3. The van der Waals surface area contributed by atoms with Crippen molar-refractivity contribution in [2.24, 2.45) is 11.7 Å². The van der Waals surface area contributed by atoms with E-state index in [0.29, 0.717) is 13.0 Å². The van der Waals surface area contributed by atoms with Crippen molar-refractivity contribution in [1.29, 1.82) is 0 Å². The van der Waals surface area contributed by atoms with E-state index in [-0.39, 0.29) is 11.8 Å². The van der Waals surface area contributed by atoms with Crippen molar-refractivity contribution in [1.82, 2.24) is 14.7 Å². The molecule has 0 fully saturated rings. The van der Waals surface area contributed by atoms with Gasteiger partial charge in [0.25, 0.3) is 0 Å². The van der Waals surface area contributed by atoms with Crippen LogP contribution >= 0.6 is 0 Å². The van der Waals surface area contributed by atoms with Crippen molar-refractivity contribution in [3.05, 3.63) is 48.3 Å². The van der Waals surface area contributed by atoms with Gasteiger partial charge in [0, 0.05) is 26.8 Å². The Morgan fingerprint density at radius 3 is 2.65 bits per heavy atom. The summed E-state index contributed by atoms with van der Waals surface area (Å²) in [7, 11) is 3.50. The van der Waals surface area contributed by atoms with E-state index < -0.39 is 0 Å². The minimum Gasteiger partial charge on any atom is -0.349 e. The molecule has 0 saturated heterocycles. The van der Waals surface area contributed by atoms with E-state index in [1.165, 1.54) is 0 Å². The number of hydrogen-bond acceptors (Lipinski definition) is 3. The second-order valence-corrected chi connectivity index (χ2v) is 5.00. The zero-order chi connectivity index (χ0) is 14.5. The molecule has 2 N–H and O–H groups in total. The second-order valence-electron chi connectivity index (χ2n) is 5.00. The predicted octanol–water partition coefficient (Wildman–Crippen LogP) is 1.08. The first-order valence-corrected chi connectivity index (χ1v) is 6.62. The maximum absolute atomic E-state index is 12.0. The normalized spacial score (nSPS) is 12.2. The van der Waals surface area contributed by atoms with Crippen LogP contribution in [0.15, 0.2) is 42.7 Å². The lowest BCUT2D eigenvalue weighted by atomic mass is 10.0. The molecular formula is C15H20N4O. The Balaban J connectivity index is 2.11. The first kappa shape index (κ1) is 14.3. The summed E-state index contributed by atoms with van der Waals surface area (Å²) < 4.78 is 1.81. The van der Waals surface area contributed by atoms with Crippen LogP contribution in [0.4, 0.5) is 0 Å². The molecule has 2 aromatic rings. The highest BCUT2D eigenvalue weighted by Crippen LogP contribution is 2.12. The Morgan fingerprint density at radius 2 is 2.05 bits per heavy atom. The Bertz CT molecular complexity index is 562. The highest BCUT2D eigenvalue weighted by atomic mass is 16.2. The van der Waals surface area contributed by atoms with Gasteiger partial charge in [0.2, 0.25) is 5.91 Å². The molecule has 5 heteroatoms. The molecule has 0 aliphatic rings. The maximum Gasteiger partial charge on any atom is 0.226 e. The van der Waals surface area contributed by atoms with Crippen LogP contribution in [-0.4, -0.2) is 41.2 Å².